The highest BCUT2D eigenvalue weighted by molar-refractivity contribution is 5.69. The molecule has 0 heterocycles. The van der Waals surface area contributed by atoms with Crippen molar-refractivity contribution in [3.8, 4) is 0 Å². The van der Waals surface area contributed by atoms with Crippen molar-refractivity contribution in [2.24, 2.45) is 5.41 Å². The quantitative estimate of drug-likeness (QED) is 0.0501. The molecule has 0 spiro atoms. The predicted octanol–water partition coefficient (Wildman–Crippen LogP) is 10.4. The number of carbonyl (C=O) groups is 2. The van der Waals surface area contributed by atoms with Crippen LogP contribution in [-0.2, 0) is 19.1 Å². The van der Waals surface area contributed by atoms with Crippen molar-refractivity contribution in [1.82, 2.24) is 0 Å². The number of rotatable bonds is 31. The molecule has 0 aromatic rings. The van der Waals surface area contributed by atoms with Gasteiger partial charge in [-0.1, -0.05) is 136 Å². The highest BCUT2D eigenvalue weighted by Crippen LogP contribution is 2.23. The van der Waals surface area contributed by atoms with Crippen molar-refractivity contribution in [2.45, 2.75) is 181 Å². The third-order valence-corrected chi connectivity index (χ3v) is 8.29. The fourth-order valence-corrected chi connectivity index (χ4v) is 4.98. The van der Waals surface area contributed by atoms with Gasteiger partial charge >= 0.3 is 11.9 Å². The van der Waals surface area contributed by atoms with Crippen LogP contribution in [0.5, 0.6) is 0 Å². The van der Waals surface area contributed by atoms with Gasteiger partial charge in [0.1, 0.15) is 13.2 Å². The van der Waals surface area contributed by atoms with Gasteiger partial charge < -0.3 is 14.6 Å². The first-order valence-electron chi connectivity index (χ1n) is 17.6. The average Bonchev–Trinajstić information content (AvgIpc) is 2.98. The molecule has 0 amide bonds. The highest BCUT2D eigenvalue weighted by atomic mass is 16.5. The number of unbranched alkanes of at least 4 members (excludes halogenated alkanes) is 19. The Labute approximate surface area is 254 Å². The van der Waals surface area contributed by atoms with Gasteiger partial charge in [0.2, 0.25) is 0 Å². The molecule has 0 aliphatic heterocycles. The van der Waals surface area contributed by atoms with Crippen LogP contribution in [0.3, 0.4) is 0 Å². The number of hydrogen-bond acceptors (Lipinski definition) is 5. The number of ether oxygens (including phenoxy) is 2. The molecule has 0 radical (unpaired) electrons. The Hall–Kier alpha value is -1.36. The zero-order valence-electron chi connectivity index (χ0n) is 27.5. The number of carbonyl (C=O) groups excluding carboxylic acids is 2. The summed E-state index contributed by atoms with van der Waals surface area (Å²) in [5.74, 6) is -0.450. The molecule has 0 saturated heterocycles. The molecule has 0 aromatic heterocycles. The van der Waals surface area contributed by atoms with E-state index in [1.54, 1.807) is 0 Å². The van der Waals surface area contributed by atoms with E-state index < -0.39 is 5.41 Å². The summed E-state index contributed by atoms with van der Waals surface area (Å²) in [6.45, 7) is 6.44. The molecule has 1 atom stereocenters. The Morgan fingerprint density at radius 1 is 0.537 bits per heavy atom. The highest BCUT2D eigenvalue weighted by Gasteiger charge is 2.31. The topological polar surface area (TPSA) is 72.8 Å². The van der Waals surface area contributed by atoms with Gasteiger partial charge in [-0.05, 0) is 44.9 Å². The molecule has 0 aliphatic rings. The summed E-state index contributed by atoms with van der Waals surface area (Å²) in [6.07, 6.45) is 32.8. The maximum Gasteiger partial charge on any atom is 0.305 e. The van der Waals surface area contributed by atoms with Crippen LogP contribution in [0, 0.1) is 5.41 Å². The van der Waals surface area contributed by atoms with Gasteiger partial charge in [-0.2, -0.15) is 0 Å². The summed E-state index contributed by atoms with van der Waals surface area (Å²) in [6, 6.07) is 0. The lowest BCUT2D eigenvalue weighted by atomic mass is 9.88. The van der Waals surface area contributed by atoms with E-state index in [9.17, 15) is 14.7 Å². The molecule has 1 N–H and O–H groups in total. The maximum absolute atomic E-state index is 12.3. The van der Waals surface area contributed by atoms with Gasteiger partial charge in [0.25, 0.3) is 0 Å². The minimum atomic E-state index is -0.716. The van der Waals surface area contributed by atoms with Gasteiger partial charge in [0, 0.05) is 12.8 Å². The van der Waals surface area contributed by atoms with Gasteiger partial charge in [-0.15, -0.1) is 0 Å². The lowest BCUT2D eigenvalue weighted by Crippen LogP contribution is -2.37. The molecule has 0 rings (SSSR count). The van der Waals surface area contributed by atoms with Crippen LogP contribution in [0.1, 0.15) is 181 Å². The molecular formula is C36H68O5. The molecule has 5 nitrogen and oxygen atoms in total. The lowest BCUT2D eigenvalue weighted by Gasteiger charge is -2.29. The first-order valence-corrected chi connectivity index (χ1v) is 17.6. The zero-order valence-corrected chi connectivity index (χ0v) is 27.5. The molecule has 1 unspecified atom stereocenters. The van der Waals surface area contributed by atoms with Crippen molar-refractivity contribution >= 4 is 11.9 Å². The van der Waals surface area contributed by atoms with E-state index in [2.05, 4.69) is 26.0 Å². The molecule has 0 fully saturated rings. The molecule has 5 heteroatoms. The molecule has 0 aromatic carbocycles. The van der Waals surface area contributed by atoms with Crippen LogP contribution in [-0.4, -0.2) is 36.9 Å². The van der Waals surface area contributed by atoms with Crippen LogP contribution in [0.4, 0.5) is 0 Å². The van der Waals surface area contributed by atoms with Crippen molar-refractivity contribution in [3.63, 3.8) is 0 Å². The van der Waals surface area contributed by atoms with Crippen molar-refractivity contribution in [1.29, 1.82) is 0 Å². The lowest BCUT2D eigenvalue weighted by molar-refractivity contribution is -0.156. The third kappa shape index (κ3) is 26.0. The Kier molecular flexibility index (Phi) is 29.1. The first-order chi connectivity index (χ1) is 20.0. The van der Waals surface area contributed by atoms with E-state index in [1.165, 1.54) is 103 Å². The second-order valence-corrected chi connectivity index (χ2v) is 12.2. The molecule has 0 aliphatic carbocycles. The van der Waals surface area contributed by atoms with E-state index in [0.717, 1.165) is 38.5 Å². The number of aliphatic hydroxyl groups is 1. The minimum absolute atomic E-state index is 0.0925. The Bertz CT molecular complexity index is 611. The zero-order chi connectivity index (χ0) is 30.3. The number of allylic oxidation sites excluding steroid dienone is 2. The Balaban J connectivity index is 3.83. The van der Waals surface area contributed by atoms with Crippen molar-refractivity contribution in [3.05, 3.63) is 12.2 Å². The van der Waals surface area contributed by atoms with E-state index in [1.807, 2.05) is 6.92 Å². The minimum Gasteiger partial charge on any atom is -0.465 e. The van der Waals surface area contributed by atoms with E-state index in [-0.39, 0.29) is 31.8 Å². The Morgan fingerprint density at radius 3 is 1.22 bits per heavy atom. The summed E-state index contributed by atoms with van der Waals surface area (Å²) >= 11 is 0. The van der Waals surface area contributed by atoms with Gasteiger partial charge in [0.05, 0.1) is 12.0 Å². The largest absolute Gasteiger partial charge is 0.465 e. The standard InChI is InChI=1S/C36H68O5/c1-4-7-9-11-13-15-16-17-18-19-20-22-24-26-28-30-35(39)41-33-36(6-3,31-37)32-40-34(38)29-27-25-23-21-14-12-10-8-5-2/h17-18,37H,4-16,19-33H2,1-3H3/b18-17-. The van der Waals surface area contributed by atoms with Crippen LogP contribution in [0.2, 0.25) is 0 Å². The van der Waals surface area contributed by atoms with Crippen LogP contribution in [0.25, 0.3) is 0 Å². The van der Waals surface area contributed by atoms with E-state index in [0.29, 0.717) is 19.3 Å². The number of aliphatic hydroxyl groups excluding tert-OH is 1. The second kappa shape index (κ2) is 30.1. The summed E-state index contributed by atoms with van der Waals surface area (Å²) < 4.78 is 11.0. The normalized spacial score (nSPS) is 13.0. The Morgan fingerprint density at radius 2 is 0.878 bits per heavy atom. The van der Waals surface area contributed by atoms with Gasteiger partial charge in [-0.25, -0.2) is 0 Å². The van der Waals surface area contributed by atoms with Crippen LogP contribution < -0.4 is 0 Å². The van der Waals surface area contributed by atoms with Gasteiger partial charge in [-0.3, -0.25) is 9.59 Å². The first kappa shape index (κ1) is 39.6. The van der Waals surface area contributed by atoms with Gasteiger partial charge in [0.15, 0.2) is 0 Å². The summed E-state index contributed by atoms with van der Waals surface area (Å²) in [4.78, 5) is 24.5. The van der Waals surface area contributed by atoms with Crippen molar-refractivity contribution < 1.29 is 24.2 Å². The van der Waals surface area contributed by atoms with E-state index >= 15 is 0 Å². The maximum atomic E-state index is 12.3. The van der Waals surface area contributed by atoms with Crippen LogP contribution >= 0.6 is 0 Å². The monoisotopic (exact) mass is 581 g/mol. The average molecular weight is 581 g/mol. The van der Waals surface area contributed by atoms with E-state index in [4.69, 9.17) is 9.47 Å². The number of esters is 2. The fourth-order valence-electron chi connectivity index (χ4n) is 4.98. The summed E-state index contributed by atoms with van der Waals surface area (Å²) in [5.41, 5.74) is -0.716. The summed E-state index contributed by atoms with van der Waals surface area (Å²) in [5, 5.41) is 9.98. The van der Waals surface area contributed by atoms with Crippen molar-refractivity contribution in [2.75, 3.05) is 19.8 Å². The fraction of sp³-hybridized carbons (Fsp3) is 0.889. The molecule has 0 bridgehead atoms. The smallest absolute Gasteiger partial charge is 0.305 e. The third-order valence-electron chi connectivity index (χ3n) is 8.29. The summed E-state index contributed by atoms with van der Waals surface area (Å²) in [7, 11) is 0. The SMILES string of the molecule is CCCCCCCC/C=C\CCCCCCCC(=O)OCC(CC)(CO)COC(=O)CCCCCCCCCCC. The molecular weight excluding hydrogens is 512 g/mol. The van der Waals surface area contributed by atoms with Crippen LogP contribution in [0.15, 0.2) is 12.2 Å². The number of hydrogen-bond donors (Lipinski definition) is 1. The molecule has 242 valence electrons. The second-order valence-electron chi connectivity index (χ2n) is 12.2. The molecule has 0 saturated carbocycles. The predicted molar refractivity (Wildman–Crippen MR) is 173 cm³/mol. The molecule has 41 heavy (non-hydrogen) atoms.